The van der Waals surface area contributed by atoms with Gasteiger partial charge in [-0.25, -0.2) is 0 Å². The Balaban J connectivity index is 1.18. The average Bonchev–Trinajstić information content (AvgIpc) is 3.30. The third-order valence-corrected chi connectivity index (χ3v) is 5.36. The van der Waals surface area contributed by atoms with E-state index in [1.165, 1.54) is 5.56 Å². The molecule has 0 bridgehead atoms. The van der Waals surface area contributed by atoms with Gasteiger partial charge in [0.25, 0.3) is 0 Å². The van der Waals surface area contributed by atoms with Crippen LogP contribution in [0.1, 0.15) is 29.9 Å². The molecular formula is C21H27N3O2. The van der Waals surface area contributed by atoms with Crippen LogP contribution in [0.4, 0.5) is 0 Å². The van der Waals surface area contributed by atoms with Crippen LogP contribution in [0.15, 0.2) is 46.9 Å². The minimum absolute atomic E-state index is 0.0164. The van der Waals surface area contributed by atoms with E-state index in [1.54, 1.807) is 0 Å². The van der Waals surface area contributed by atoms with Crippen molar-refractivity contribution < 1.29 is 9.21 Å². The van der Waals surface area contributed by atoms with E-state index in [9.17, 15) is 4.79 Å². The Morgan fingerprint density at radius 3 is 2.58 bits per heavy atom. The molecule has 1 aromatic carbocycles. The highest BCUT2D eigenvalue weighted by atomic mass is 16.3. The summed E-state index contributed by atoms with van der Waals surface area (Å²) < 4.78 is 5.59. The summed E-state index contributed by atoms with van der Waals surface area (Å²) in [6.07, 6.45) is 2.06. The normalized spacial score (nSPS) is 23.7. The van der Waals surface area contributed by atoms with Crippen molar-refractivity contribution in [3.8, 4) is 0 Å². The lowest BCUT2D eigenvalue weighted by atomic mass is 10.0. The van der Waals surface area contributed by atoms with Gasteiger partial charge < -0.3 is 9.73 Å². The van der Waals surface area contributed by atoms with Gasteiger partial charge in [-0.1, -0.05) is 30.3 Å². The molecule has 0 radical (unpaired) electrons. The van der Waals surface area contributed by atoms with E-state index in [-0.39, 0.29) is 11.9 Å². The van der Waals surface area contributed by atoms with Crippen LogP contribution >= 0.6 is 0 Å². The Labute approximate surface area is 155 Å². The SMILES string of the molecule is Cc1ccc(CN2CC2C(=O)NC2CCN(Cc3ccccc3)CC2)o1. The predicted molar refractivity (Wildman–Crippen MR) is 101 cm³/mol. The Morgan fingerprint density at radius 2 is 1.88 bits per heavy atom. The van der Waals surface area contributed by atoms with Gasteiger partial charge in [0.05, 0.1) is 6.54 Å². The standard InChI is InChI=1S/C21H27N3O2/c1-16-7-8-19(26-16)14-24-15-20(24)21(25)22-18-9-11-23(12-10-18)13-17-5-3-2-4-6-17/h2-8,18,20H,9-15H2,1H3,(H,22,25). The zero-order valence-electron chi connectivity index (χ0n) is 15.4. The van der Waals surface area contributed by atoms with E-state index in [0.29, 0.717) is 6.04 Å². The second-order valence-electron chi connectivity index (χ2n) is 7.50. The number of amides is 1. The molecule has 2 unspecified atom stereocenters. The molecule has 1 N–H and O–H groups in total. The third kappa shape index (κ3) is 4.34. The number of carbonyl (C=O) groups excluding carboxylic acids is 1. The highest BCUT2D eigenvalue weighted by Crippen LogP contribution is 2.23. The third-order valence-electron chi connectivity index (χ3n) is 5.36. The molecule has 1 aromatic heterocycles. The predicted octanol–water partition coefficient (Wildman–Crippen LogP) is 2.55. The summed E-state index contributed by atoms with van der Waals surface area (Å²) in [5.41, 5.74) is 1.36. The molecule has 26 heavy (non-hydrogen) atoms. The molecule has 138 valence electrons. The molecule has 4 rings (SSSR count). The maximum absolute atomic E-state index is 12.5. The maximum atomic E-state index is 12.5. The molecule has 2 atom stereocenters. The lowest BCUT2D eigenvalue weighted by Gasteiger charge is -2.32. The van der Waals surface area contributed by atoms with E-state index >= 15 is 0 Å². The van der Waals surface area contributed by atoms with Crippen molar-refractivity contribution in [1.82, 2.24) is 15.1 Å². The zero-order chi connectivity index (χ0) is 17.9. The number of carbonyl (C=O) groups is 1. The molecule has 1 amide bonds. The lowest BCUT2D eigenvalue weighted by Crippen LogP contribution is -2.46. The first-order chi connectivity index (χ1) is 12.7. The van der Waals surface area contributed by atoms with Gasteiger partial charge in [0.1, 0.15) is 17.6 Å². The molecule has 2 fully saturated rings. The van der Waals surface area contributed by atoms with Crippen molar-refractivity contribution in [3.63, 3.8) is 0 Å². The van der Waals surface area contributed by atoms with Gasteiger partial charge in [0, 0.05) is 32.2 Å². The largest absolute Gasteiger partial charge is 0.465 e. The summed E-state index contributed by atoms with van der Waals surface area (Å²) in [5.74, 6) is 2.03. The number of hydrogen-bond acceptors (Lipinski definition) is 4. The van der Waals surface area contributed by atoms with Gasteiger partial charge in [-0.2, -0.15) is 0 Å². The maximum Gasteiger partial charge on any atom is 0.238 e. The summed E-state index contributed by atoms with van der Waals surface area (Å²) in [5, 5.41) is 3.25. The van der Waals surface area contributed by atoms with Gasteiger partial charge in [-0.15, -0.1) is 0 Å². The van der Waals surface area contributed by atoms with Crippen LogP contribution in [0.25, 0.3) is 0 Å². The molecule has 2 aliphatic heterocycles. The van der Waals surface area contributed by atoms with Gasteiger partial charge in [-0.3, -0.25) is 14.6 Å². The van der Waals surface area contributed by atoms with E-state index in [2.05, 4.69) is 45.4 Å². The Kier molecular flexibility index (Phi) is 5.09. The summed E-state index contributed by atoms with van der Waals surface area (Å²) in [7, 11) is 0. The smallest absolute Gasteiger partial charge is 0.238 e. The number of likely N-dealkylation sites (tertiary alicyclic amines) is 1. The van der Waals surface area contributed by atoms with Crippen molar-refractivity contribution in [1.29, 1.82) is 0 Å². The molecule has 5 heteroatoms. The average molecular weight is 353 g/mol. The van der Waals surface area contributed by atoms with Crippen LogP contribution in [-0.2, 0) is 17.9 Å². The number of nitrogens with zero attached hydrogens (tertiary/aromatic N) is 2. The van der Waals surface area contributed by atoms with Gasteiger partial charge in [0.15, 0.2) is 0 Å². The first-order valence-corrected chi connectivity index (χ1v) is 9.53. The van der Waals surface area contributed by atoms with Crippen LogP contribution in [0.5, 0.6) is 0 Å². The number of furan rings is 1. The first-order valence-electron chi connectivity index (χ1n) is 9.53. The summed E-state index contributed by atoms with van der Waals surface area (Å²) in [4.78, 5) is 17.1. The molecule has 2 aliphatic rings. The molecule has 0 saturated carbocycles. The Bertz CT molecular complexity index is 735. The van der Waals surface area contributed by atoms with Crippen molar-refractivity contribution in [2.45, 2.75) is 44.9 Å². The van der Waals surface area contributed by atoms with Crippen molar-refractivity contribution in [2.75, 3.05) is 19.6 Å². The fraction of sp³-hybridized carbons (Fsp3) is 0.476. The molecule has 2 saturated heterocycles. The van der Waals surface area contributed by atoms with Gasteiger partial charge in [-0.05, 0) is 37.5 Å². The van der Waals surface area contributed by atoms with Crippen molar-refractivity contribution in [3.05, 3.63) is 59.5 Å². The number of aryl methyl sites for hydroxylation is 1. The van der Waals surface area contributed by atoms with Crippen molar-refractivity contribution in [2.24, 2.45) is 0 Å². The minimum atomic E-state index is 0.0164. The van der Waals surface area contributed by atoms with Crippen LogP contribution in [0.3, 0.4) is 0 Å². The van der Waals surface area contributed by atoms with Gasteiger partial charge in [0.2, 0.25) is 5.91 Å². The number of benzene rings is 1. The Hall–Kier alpha value is -2.11. The van der Waals surface area contributed by atoms with E-state index in [4.69, 9.17) is 4.42 Å². The van der Waals surface area contributed by atoms with Crippen LogP contribution < -0.4 is 5.32 Å². The number of hydrogen-bond donors (Lipinski definition) is 1. The molecular weight excluding hydrogens is 326 g/mol. The van der Waals surface area contributed by atoms with Crippen LogP contribution in [0, 0.1) is 6.92 Å². The monoisotopic (exact) mass is 353 g/mol. The van der Waals surface area contributed by atoms with Crippen LogP contribution in [-0.4, -0.2) is 47.4 Å². The summed E-state index contributed by atoms with van der Waals surface area (Å²) in [6, 6.07) is 14.9. The minimum Gasteiger partial charge on any atom is -0.465 e. The summed E-state index contributed by atoms with van der Waals surface area (Å²) >= 11 is 0. The quantitative estimate of drug-likeness (QED) is 0.811. The fourth-order valence-corrected chi connectivity index (χ4v) is 3.74. The van der Waals surface area contributed by atoms with Crippen LogP contribution in [0.2, 0.25) is 0 Å². The number of piperidine rings is 1. The molecule has 0 aliphatic carbocycles. The fourth-order valence-electron chi connectivity index (χ4n) is 3.74. The molecule has 0 spiro atoms. The van der Waals surface area contributed by atoms with E-state index in [1.807, 2.05) is 19.1 Å². The summed E-state index contributed by atoms with van der Waals surface area (Å²) in [6.45, 7) is 6.58. The molecule has 3 heterocycles. The molecule has 5 nitrogen and oxygen atoms in total. The second-order valence-corrected chi connectivity index (χ2v) is 7.50. The first kappa shape index (κ1) is 17.3. The van der Waals surface area contributed by atoms with E-state index in [0.717, 1.165) is 57.1 Å². The molecule has 2 aromatic rings. The zero-order valence-corrected chi connectivity index (χ0v) is 15.4. The second kappa shape index (κ2) is 7.64. The number of nitrogens with one attached hydrogen (secondary N) is 1. The van der Waals surface area contributed by atoms with E-state index < -0.39 is 0 Å². The van der Waals surface area contributed by atoms with Gasteiger partial charge >= 0.3 is 0 Å². The van der Waals surface area contributed by atoms with Crippen molar-refractivity contribution >= 4 is 5.91 Å². The highest BCUT2D eigenvalue weighted by Gasteiger charge is 2.41. The highest BCUT2D eigenvalue weighted by molar-refractivity contribution is 5.84. The number of rotatable bonds is 6. The lowest BCUT2D eigenvalue weighted by molar-refractivity contribution is -0.122. The Morgan fingerprint density at radius 1 is 1.12 bits per heavy atom. The topological polar surface area (TPSA) is 48.5 Å².